The Morgan fingerprint density at radius 3 is 2.62 bits per heavy atom. The highest BCUT2D eigenvalue weighted by Gasteiger charge is 2.36. The Kier molecular flexibility index (Phi) is 4.27. The zero-order chi connectivity index (χ0) is 14.8. The summed E-state index contributed by atoms with van der Waals surface area (Å²) in [6.45, 7) is 1.85. The average Bonchev–Trinajstić information content (AvgIpc) is 3.32. The van der Waals surface area contributed by atoms with E-state index in [4.69, 9.17) is 10.5 Å². The fourth-order valence-electron chi connectivity index (χ4n) is 3.34. The Hall–Kier alpha value is -1.39. The fraction of sp³-hybridized carbons (Fsp3) is 0.588. The molecule has 1 saturated heterocycles. The van der Waals surface area contributed by atoms with Gasteiger partial charge in [0.1, 0.15) is 12.0 Å². The quantitative estimate of drug-likeness (QED) is 0.839. The molecule has 3 unspecified atom stereocenters. The summed E-state index contributed by atoms with van der Waals surface area (Å²) in [7, 11) is 1.67. The molecule has 1 heterocycles. The van der Waals surface area contributed by atoms with Gasteiger partial charge in [-0.05, 0) is 42.9 Å². The van der Waals surface area contributed by atoms with Crippen molar-refractivity contribution in [2.75, 3.05) is 20.2 Å². The van der Waals surface area contributed by atoms with Gasteiger partial charge in [0, 0.05) is 25.0 Å². The standard InChI is InChI=1S/C17H24N2O2/c1-21-15-6-4-13(5-7-15)16-8-14(11-20)19(10-17(16)18)9-12-2-3-12/h4-7,11-12,14,16-17H,2-3,8-10,18H2,1H3. The number of hydrogen-bond donors (Lipinski definition) is 1. The van der Waals surface area contributed by atoms with Crippen molar-refractivity contribution < 1.29 is 9.53 Å². The van der Waals surface area contributed by atoms with Crippen LogP contribution in [0.1, 0.15) is 30.7 Å². The minimum Gasteiger partial charge on any atom is -0.497 e. The van der Waals surface area contributed by atoms with Gasteiger partial charge in [-0.3, -0.25) is 4.90 Å². The number of rotatable bonds is 5. The summed E-state index contributed by atoms with van der Waals surface area (Å²) in [4.78, 5) is 13.7. The lowest BCUT2D eigenvalue weighted by atomic mass is 9.82. The van der Waals surface area contributed by atoms with E-state index in [1.807, 2.05) is 12.1 Å². The maximum absolute atomic E-state index is 11.5. The van der Waals surface area contributed by atoms with Crippen LogP contribution in [-0.2, 0) is 4.79 Å². The van der Waals surface area contributed by atoms with Crippen LogP contribution in [-0.4, -0.2) is 43.5 Å². The van der Waals surface area contributed by atoms with E-state index < -0.39 is 0 Å². The van der Waals surface area contributed by atoms with Gasteiger partial charge in [0.05, 0.1) is 13.2 Å². The van der Waals surface area contributed by atoms with Crippen molar-refractivity contribution in [3.05, 3.63) is 29.8 Å². The van der Waals surface area contributed by atoms with Crippen molar-refractivity contribution in [2.45, 2.75) is 37.3 Å². The minimum atomic E-state index is 0.0116. The van der Waals surface area contributed by atoms with Gasteiger partial charge in [0.2, 0.25) is 0 Å². The number of carbonyl (C=O) groups excluding carboxylic acids is 1. The molecule has 1 saturated carbocycles. The number of hydrogen-bond acceptors (Lipinski definition) is 4. The first-order valence-corrected chi connectivity index (χ1v) is 7.80. The van der Waals surface area contributed by atoms with E-state index in [1.54, 1.807) is 7.11 Å². The first kappa shape index (κ1) is 14.5. The molecule has 4 nitrogen and oxygen atoms in total. The van der Waals surface area contributed by atoms with Gasteiger partial charge < -0.3 is 15.3 Å². The highest BCUT2D eigenvalue weighted by atomic mass is 16.5. The van der Waals surface area contributed by atoms with Crippen LogP contribution in [0, 0.1) is 5.92 Å². The minimum absolute atomic E-state index is 0.0116. The van der Waals surface area contributed by atoms with Gasteiger partial charge in [-0.25, -0.2) is 0 Å². The lowest BCUT2D eigenvalue weighted by Crippen LogP contribution is -2.53. The molecule has 1 aromatic carbocycles. The normalized spacial score (nSPS) is 30.1. The Labute approximate surface area is 126 Å². The van der Waals surface area contributed by atoms with Crippen LogP contribution in [0.25, 0.3) is 0 Å². The maximum Gasteiger partial charge on any atom is 0.137 e. The highest BCUT2D eigenvalue weighted by Crippen LogP contribution is 2.35. The average molecular weight is 288 g/mol. The molecule has 0 bridgehead atoms. The molecule has 0 amide bonds. The Balaban J connectivity index is 1.71. The molecule has 1 aliphatic heterocycles. The van der Waals surface area contributed by atoms with Crippen LogP contribution in [0.2, 0.25) is 0 Å². The second-order valence-corrected chi connectivity index (χ2v) is 6.38. The lowest BCUT2D eigenvalue weighted by molar-refractivity contribution is -0.114. The largest absolute Gasteiger partial charge is 0.497 e. The smallest absolute Gasteiger partial charge is 0.137 e. The second-order valence-electron chi connectivity index (χ2n) is 6.38. The van der Waals surface area contributed by atoms with E-state index in [1.165, 1.54) is 18.4 Å². The molecule has 2 N–H and O–H groups in total. The number of carbonyl (C=O) groups is 1. The zero-order valence-electron chi connectivity index (χ0n) is 12.6. The molecule has 114 valence electrons. The SMILES string of the molecule is COc1ccc(C2CC(C=O)N(CC3CC3)CC2N)cc1. The predicted octanol–water partition coefficient (Wildman–Crippen LogP) is 1.79. The van der Waals surface area contributed by atoms with Crippen LogP contribution in [0.4, 0.5) is 0 Å². The third kappa shape index (κ3) is 3.27. The van der Waals surface area contributed by atoms with E-state index in [2.05, 4.69) is 17.0 Å². The summed E-state index contributed by atoms with van der Waals surface area (Å²) in [6, 6.07) is 8.18. The van der Waals surface area contributed by atoms with Crippen LogP contribution < -0.4 is 10.5 Å². The first-order valence-electron chi connectivity index (χ1n) is 7.80. The molecule has 2 aliphatic rings. The molecule has 0 aromatic heterocycles. The Morgan fingerprint density at radius 2 is 2.05 bits per heavy atom. The van der Waals surface area contributed by atoms with Gasteiger partial charge in [0.15, 0.2) is 0 Å². The summed E-state index contributed by atoms with van der Waals surface area (Å²) >= 11 is 0. The summed E-state index contributed by atoms with van der Waals surface area (Å²) in [5.74, 6) is 1.89. The van der Waals surface area contributed by atoms with Crippen molar-refractivity contribution in [3.63, 3.8) is 0 Å². The molecular formula is C17H24N2O2. The molecule has 3 atom stereocenters. The van der Waals surface area contributed by atoms with Crippen molar-refractivity contribution in [2.24, 2.45) is 11.7 Å². The number of aldehydes is 1. The summed E-state index contributed by atoms with van der Waals surface area (Å²) in [6.07, 6.45) is 4.53. The van der Waals surface area contributed by atoms with Crippen LogP contribution in [0.15, 0.2) is 24.3 Å². The zero-order valence-corrected chi connectivity index (χ0v) is 12.6. The van der Waals surface area contributed by atoms with Gasteiger partial charge >= 0.3 is 0 Å². The molecule has 0 spiro atoms. The summed E-state index contributed by atoms with van der Waals surface area (Å²) < 4.78 is 5.20. The number of likely N-dealkylation sites (tertiary alicyclic amines) is 1. The van der Waals surface area contributed by atoms with Crippen LogP contribution in [0.5, 0.6) is 5.75 Å². The fourth-order valence-corrected chi connectivity index (χ4v) is 3.34. The highest BCUT2D eigenvalue weighted by molar-refractivity contribution is 5.58. The number of nitrogens with two attached hydrogens (primary N) is 1. The molecule has 4 heteroatoms. The van der Waals surface area contributed by atoms with Gasteiger partial charge in [-0.15, -0.1) is 0 Å². The maximum atomic E-state index is 11.5. The number of methoxy groups -OCH3 is 1. The summed E-state index contributed by atoms with van der Waals surface area (Å²) in [5, 5.41) is 0. The molecule has 1 aliphatic carbocycles. The molecule has 1 aromatic rings. The number of benzene rings is 1. The number of piperidine rings is 1. The van der Waals surface area contributed by atoms with Crippen molar-refractivity contribution in [3.8, 4) is 5.75 Å². The summed E-state index contributed by atoms with van der Waals surface area (Å²) in [5.41, 5.74) is 7.61. The molecule has 2 fully saturated rings. The third-order valence-corrected chi connectivity index (χ3v) is 4.82. The van der Waals surface area contributed by atoms with E-state index in [0.717, 1.165) is 37.5 Å². The monoisotopic (exact) mass is 288 g/mol. The second kappa shape index (κ2) is 6.16. The Morgan fingerprint density at radius 1 is 1.33 bits per heavy atom. The van der Waals surface area contributed by atoms with Crippen LogP contribution >= 0.6 is 0 Å². The van der Waals surface area contributed by atoms with Crippen molar-refractivity contribution >= 4 is 6.29 Å². The van der Waals surface area contributed by atoms with Gasteiger partial charge in [-0.1, -0.05) is 12.1 Å². The lowest BCUT2D eigenvalue weighted by Gasteiger charge is -2.41. The topological polar surface area (TPSA) is 55.6 Å². The van der Waals surface area contributed by atoms with Gasteiger partial charge in [-0.2, -0.15) is 0 Å². The van der Waals surface area contributed by atoms with Crippen molar-refractivity contribution in [1.82, 2.24) is 4.90 Å². The van der Waals surface area contributed by atoms with E-state index in [0.29, 0.717) is 0 Å². The molecule has 0 radical (unpaired) electrons. The van der Waals surface area contributed by atoms with E-state index >= 15 is 0 Å². The molecule has 3 rings (SSSR count). The van der Waals surface area contributed by atoms with E-state index in [9.17, 15) is 4.79 Å². The molecular weight excluding hydrogens is 264 g/mol. The first-order chi connectivity index (χ1) is 10.2. The molecule has 21 heavy (non-hydrogen) atoms. The Bertz CT molecular complexity index is 484. The van der Waals surface area contributed by atoms with Gasteiger partial charge in [0.25, 0.3) is 0 Å². The van der Waals surface area contributed by atoms with Crippen molar-refractivity contribution in [1.29, 1.82) is 0 Å². The predicted molar refractivity (Wildman–Crippen MR) is 82.5 cm³/mol. The van der Waals surface area contributed by atoms with E-state index in [-0.39, 0.29) is 18.0 Å². The number of ether oxygens (including phenoxy) is 1. The number of nitrogens with zero attached hydrogens (tertiary/aromatic N) is 1. The third-order valence-electron chi connectivity index (χ3n) is 4.82. The van der Waals surface area contributed by atoms with Crippen LogP contribution in [0.3, 0.4) is 0 Å².